The molecule has 1 N–H and O–H groups in total. The van der Waals surface area contributed by atoms with Crippen LogP contribution in [0.15, 0.2) is 46.6 Å². The Labute approximate surface area is 131 Å². The molecular formula is C17H14BrNO2. The van der Waals surface area contributed by atoms with Crippen LogP contribution in [0.5, 0.6) is 0 Å². The number of halogens is 1. The quantitative estimate of drug-likeness (QED) is 0.921. The minimum Gasteiger partial charge on any atom is -0.381 e. The number of ketones is 2. The molecule has 2 aromatic rings. The topological polar surface area (TPSA) is 46.2 Å². The van der Waals surface area contributed by atoms with E-state index in [9.17, 15) is 9.59 Å². The highest BCUT2D eigenvalue weighted by molar-refractivity contribution is 9.12. The summed E-state index contributed by atoms with van der Waals surface area (Å²) in [5, 5.41) is 4.98. The first-order valence-corrected chi connectivity index (χ1v) is 7.68. The van der Waals surface area contributed by atoms with Crippen LogP contribution in [0.25, 0.3) is 10.8 Å². The van der Waals surface area contributed by atoms with Gasteiger partial charge in [0.05, 0.1) is 4.48 Å². The van der Waals surface area contributed by atoms with Crippen LogP contribution >= 0.6 is 15.9 Å². The van der Waals surface area contributed by atoms with Crippen molar-refractivity contribution in [1.82, 2.24) is 5.32 Å². The Kier molecular flexibility index (Phi) is 3.64. The van der Waals surface area contributed by atoms with Gasteiger partial charge in [-0.1, -0.05) is 31.2 Å². The van der Waals surface area contributed by atoms with Crippen molar-refractivity contribution in [3.63, 3.8) is 0 Å². The van der Waals surface area contributed by atoms with Crippen molar-refractivity contribution in [1.29, 1.82) is 0 Å². The van der Waals surface area contributed by atoms with Gasteiger partial charge >= 0.3 is 0 Å². The van der Waals surface area contributed by atoms with Crippen LogP contribution < -0.4 is 5.32 Å². The Morgan fingerprint density at radius 2 is 1.57 bits per heavy atom. The minimum absolute atomic E-state index is 0.129. The van der Waals surface area contributed by atoms with E-state index in [1.54, 1.807) is 12.1 Å². The summed E-state index contributed by atoms with van der Waals surface area (Å²) in [5.74, 6) is -0.273. The Balaban J connectivity index is 2.17. The third-order valence-electron chi connectivity index (χ3n) is 3.57. The lowest BCUT2D eigenvalue weighted by atomic mass is 9.90. The lowest BCUT2D eigenvalue weighted by Gasteiger charge is -2.19. The predicted molar refractivity (Wildman–Crippen MR) is 86.9 cm³/mol. The van der Waals surface area contributed by atoms with Gasteiger partial charge in [0.2, 0.25) is 11.6 Å². The van der Waals surface area contributed by atoms with Gasteiger partial charge in [-0.3, -0.25) is 9.59 Å². The molecule has 0 aromatic heterocycles. The van der Waals surface area contributed by atoms with Crippen molar-refractivity contribution in [2.75, 3.05) is 6.54 Å². The molecule has 0 saturated carbocycles. The average molecular weight is 344 g/mol. The third kappa shape index (κ3) is 2.29. The number of fused-ring (bicyclic) bond motifs is 2. The van der Waals surface area contributed by atoms with Gasteiger partial charge in [0.25, 0.3) is 0 Å². The average Bonchev–Trinajstić information content (AvgIpc) is 2.51. The second-order valence-corrected chi connectivity index (χ2v) is 5.81. The Morgan fingerprint density at radius 1 is 1.00 bits per heavy atom. The van der Waals surface area contributed by atoms with Crippen LogP contribution in [0.3, 0.4) is 0 Å². The van der Waals surface area contributed by atoms with Crippen LogP contribution in [0, 0.1) is 0 Å². The number of carbonyl (C=O) groups is 2. The highest BCUT2D eigenvalue weighted by Crippen LogP contribution is 2.31. The van der Waals surface area contributed by atoms with Crippen molar-refractivity contribution in [2.24, 2.45) is 0 Å². The van der Waals surface area contributed by atoms with Crippen molar-refractivity contribution in [3.05, 3.63) is 57.7 Å². The number of hydrogen-bond donors (Lipinski definition) is 1. The maximum Gasteiger partial charge on any atom is 0.210 e. The summed E-state index contributed by atoms with van der Waals surface area (Å²) in [5.41, 5.74) is 1.30. The van der Waals surface area contributed by atoms with Gasteiger partial charge in [-0.2, -0.15) is 0 Å². The van der Waals surface area contributed by atoms with Crippen LogP contribution in [0.2, 0.25) is 0 Å². The Morgan fingerprint density at radius 3 is 2.14 bits per heavy atom. The van der Waals surface area contributed by atoms with Crippen LogP contribution in [0.1, 0.15) is 34.1 Å². The molecule has 0 bridgehead atoms. The van der Waals surface area contributed by atoms with E-state index in [0.717, 1.165) is 17.2 Å². The largest absolute Gasteiger partial charge is 0.381 e. The van der Waals surface area contributed by atoms with E-state index >= 15 is 0 Å². The summed E-state index contributed by atoms with van der Waals surface area (Å²) in [6, 6.07) is 11.3. The van der Waals surface area contributed by atoms with Gasteiger partial charge in [-0.25, -0.2) is 0 Å². The molecule has 1 aliphatic carbocycles. The van der Waals surface area contributed by atoms with Gasteiger partial charge in [-0.15, -0.1) is 0 Å². The van der Waals surface area contributed by atoms with E-state index in [1.165, 1.54) is 0 Å². The normalized spacial score (nSPS) is 14.6. The minimum atomic E-state index is -0.144. The zero-order valence-corrected chi connectivity index (χ0v) is 13.2. The molecule has 1 aliphatic rings. The van der Waals surface area contributed by atoms with E-state index < -0.39 is 0 Å². The number of allylic oxidation sites excluding steroid dienone is 2. The number of Topliss-reactive ketones (excluding diaryl/α,β-unsaturated/α-hetero) is 2. The number of benzene rings is 2. The molecule has 106 valence electrons. The van der Waals surface area contributed by atoms with Gasteiger partial charge in [-0.05, 0) is 45.3 Å². The maximum atomic E-state index is 12.6. The van der Waals surface area contributed by atoms with Gasteiger partial charge < -0.3 is 5.32 Å². The summed E-state index contributed by atoms with van der Waals surface area (Å²) in [6.45, 7) is 2.67. The molecule has 0 atom stereocenters. The van der Waals surface area contributed by atoms with Crippen LogP contribution in [-0.2, 0) is 0 Å². The van der Waals surface area contributed by atoms with E-state index in [4.69, 9.17) is 0 Å². The Bertz CT molecular complexity index is 792. The van der Waals surface area contributed by atoms with Gasteiger partial charge in [0.15, 0.2) is 0 Å². The summed E-state index contributed by atoms with van der Waals surface area (Å²) in [4.78, 5) is 25.1. The summed E-state index contributed by atoms with van der Waals surface area (Å²) < 4.78 is 0.323. The lowest BCUT2D eigenvalue weighted by Crippen LogP contribution is -2.29. The molecule has 0 aliphatic heterocycles. The van der Waals surface area contributed by atoms with E-state index in [-0.39, 0.29) is 11.6 Å². The predicted octanol–water partition coefficient (Wildman–Crippen LogP) is 3.82. The molecule has 3 nitrogen and oxygen atoms in total. The number of nitrogens with one attached hydrogen (secondary N) is 1. The number of rotatable bonds is 3. The molecule has 0 radical (unpaired) electrons. The summed E-state index contributed by atoms with van der Waals surface area (Å²) in [7, 11) is 0. The standard InChI is InChI=1S/C17H14BrNO2/c1-2-7-19-15-14(18)16(20)12-8-10-5-3-4-6-11(10)9-13(12)17(15)21/h3-6,8-9,19H,2,7H2,1H3. The summed E-state index contributed by atoms with van der Waals surface area (Å²) in [6.07, 6.45) is 0.885. The molecule has 0 fully saturated rings. The molecule has 0 amide bonds. The zero-order chi connectivity index (χ0) is 15.0. The van der Waals surface area contributed by atoms with Gasteiger partial charge in [0.1, 0.15) is 5.70 Å². The Hall–Kier alpha value is -1.94. The molecule has 0 heterocycles. The van der Waals surface area contributed by atoms with E-state index in [2.05, 4.69) is 21.2 Å². The first-order chi connectivity index (χ1) is 10.1. The lowest BCUT2D eigenvalue weighted by molar-refractivity contribution is 0.0976. The first kappa shape index (κ1) is 14.0. The fourth-order valence-electron chi connectivity index (χ4n) is 2.49. The SMILES string of the molecule is CCCNC1=C(Br)C(=O)c2cc3ccccc3cc2C1=O. The third-order valence-corrected chi connectivity index (χ3v) is 4.33. The molecule has 2 aromatic carbocycles. The second kappa shape index (κ2) is 5.45. The molecule has 0 saturated heterocycles. The van der Waals surface area contributed by atoms with Crippen molar-refractivity contribution < 1.29 is 9.59 Å². The second-order valence-electron chi connectivity index (χ2n) is 5.02. The molecule has 21 heavy (non-hydrogen) atoms. The van der Waals surface area contributed by atoms with E-state index in [0.29, 0.717) is 27.9 Å². The molecule has 3 rings (SSSR count). The monoisotopic (exact) mass is 343 g/mol. The smallest absolute Gasteiger partial charge is 0.210 e. The molecular weight excluding hydrogens is 330 g/mol. The summed E-state index contributed by atoms with van der Waals surface area (Å²) >= 11 is 3.27. The molecule has 0 unspecified atom stereocenters. The molecule has 4 heteroatoms. The highest BCUT2D eigenvalue weighted by Gasteiger charge is 2.31. The van der Waals surface area contributed by atoms with Crippen LogP contribution in [0.4, 0.5) is 0 Å². The van der Waals surface area contributed by atoms with Gasteiger partial charge in [0, 0.05) is 17.7 Å². The first-order valence-electron chi connectivity index (χ1n) is 6.89. The zero-order valence-electron chi connectivity index (χ0n) is 11.6. The van der Waals surface area contributed by atoms with Crippen LogP contribution in [-0.4, -0.2) is 18.1 Å². The van der Waals surface area contributed by atoms with E-state index in [1.807, 2.05) is 31.2 Å². The van der Waals surface area contributed by atoms with Crippen molar-refractivity contribution in [3.8, 4) is 0 Å². The fourth-order valence-corrected chi connectivity index (χ4v) is 3.02. The highest BCUT2D eigenvalue weighted by atomic mass is 79.9. The number of hydrogen-bond acceptors (Lipinski definition) is 3. The van der Waals surface area contributed by atoms with Crippen molar-refractivity contribution in [2.45, 2.75) is 13.3 Å². The van der Waals surface area contributed by atoms with Crippen molar-refractivity contribution >= 4 is 38.3 Å². The molecule has 0 spiro atoms. The number of carbonyl (C=O) groups excluding carboxylic acids is 2. The fraction of sp³-hybridized carbons (Fsp3) is 0.176. The maximum absolute atomic E-state index is 12.6.